The molecule has 0 unspecified atom stereocenters. The molecule has 4 aromatic rings. The van der Waals surface area contributed by atoms with Gasteiger partial charge in [-0.25, -0.2) is 8.78 Å². The summed E-state index contributed by atoms with van der Waals surface area (Å²) >= 11 is 0. The summed E-state index contributed by atoms with van der Waals surface area (Å²) in [5.41, 5.74) is 8.21. The second-order valence-corrected chi connectivity index (χ2v) is 9.06. The first-order valence-corrected chi connectivity index (χ1v) is 12.3. The molecule has 0 spiro atoms. The average molecular weight is 483 g/mol. The smallest absolute Gasteiger partial charge is 0.273 e. The van der Waals surface area contributed by atoms with E-state index in [9.17, 15) is 8.78 Å². The Labute approximate surface area is 210 Å². The monoisotopic (exact) mass is 482 g/mol. The van der Waals surface area contributed by atoms with Gasteiger partial charge in [0.15, 0.2) is 0 Å². The zero-order valence-corrected chi connectivity index (χ0v) is 20.2. The van der Waals surface area contributed by atoms with E-state index in [0.29, 0.717) is 6.42 Å². The lowest BCUT2D eigenvalue weighted by Crippen LogP contribution is -2.13. The molecule has 0 amide bonds. The van der Waals surface area contributed by atoms with Gasteiger partial charge < -0.3 is 5.32 Å². The summed E-state index contributed by atoms with van der Waals surface area (Å²) in [5, 5.41) is 3.60. The van der Waals surface area contributed by atoms with Gasteiger partial charge in [-0.15, -0.1) is 0 Å². The fourth-order valence-electron chi connectivity index (χ4n) is 4.34. The Morgan fingerprint density at radius 2 is 1.42 bits per heavy atom. The fourth-order valence-corrected chi connectivity index (χ4v) is 4.34. The van der Waals surface area contributed by atoms with Crippen molar-refractivity contribution in [3.8, 4) is 22.5 Å². The molecule has 1 N–H and O–H groups in total. The number of pyridine rings is 1. The first kappa shape index (κ1) is 23.8. The predicted octanol–water partition coefficient (Wildman–Crippen LogP) is 7.80. The highest BCUT2D eigenvalue weighted by Gasteiger charge is 2.28. The highest BCUT2D eigenvalue weighted by atomic mass is 19.3. The van der Waals surface area contributed by atoms with E-state index in [0.717, 1.165) is 52.3 Å². The van der Waals surface area contributed by atoms with E-state index in [-0.39, 0.29) is 12.0 Å². The van der Waals surface area contributed by atoms with Crippen molar-refractivity contribution >= 4 is 5.69 Å². The van der Waals surface area contributed by atoms with Gasteiger partial charge in [0.1, 0.15) is 0 Å². The first-order valence-electron chi connectivity index (χ1n) is 12.3. The number of hydrogen-bond donors (Lipinski definition) is 1. The molecule has 2 heterocycles. The molecule has 0 atom stereocenters. The number of alkyl halides is 2. The van der Waals surface area contributed by atoms with Crippen molar-refractivity contribution < 1.29 is 8.78 Å². The van der Waals surface area contributed by atoms with E-state index in [1.165, 1.54) is 18.9 Å². The van der Waals surface area contributed by atoms with Crippen molar-refractivity contribution in [2.24, 2.45) is 0 Å². The highest BCUT2D eigenvalue weighted by Crippen LogP contribution is 2.34. The summed E-state index contributed by atoms with van der Waals surface area (Å²) in [4.78, 5) is 13.2. The Morgan fingerprint density at radius 1 is 0.806 bits per heavy atom. The molecule has 1 saturated carbocycles. The zero-order chi connectivity index (χ0) is 25.0. The maximum absolute atomic E-state index is 14.0. The van der Waals surface area contributed by atoms with Crippen molar-refractivity contribution in [1.29, 1.82) is 0 Å². The topological polar surface area (TPSA) is 50.7 Å². The van der Waals surface area contributed by atoms with Gasteiger partial charge in [0, 0.05) is 65.7 Å². The van der Waals surface area contributed by atoms with Crippen LogP contribution in [0.3, 0.4) is 0 Å². The number of benzene rings is 2. The molecule has 36 heavy (non-hydrogen) atoms. The fraction of sp³-hybridized carbons (Fsp3) is 0.233. The molecule has 0 aliphatic heterocycles. The van der Waals surface area contributed by atoms with Crippen LogP contribution in [-0.2, 0) is 12.3 Å². The summed E-state index contributed by atoms with van der Waals surface area (Å²) in [6.07, 6.45) is 10.7. The summed E-state index contributed by atoms with van der Waals surface area (Å²) in [7, 11) is 0. The summed E-state index contributed by atoms with van der Waals surface area (Å²) in [5.74, 6) is -2.78. The Kier molecular flexibility index (Phi) is 6.85. The van der Waals surface area contributed by atoms with Crippen LogP contribution in [0.4, 0.5) is 14.5 Å². The number of rotatable bonds is 8. The quantitative estimate of drug-likeness (QED) is 0.278. The third kappa shape index (κ3) is 5.18. The minimum Gasteiger partial charge on any atom is -0.359 e. The van der Waals surface area contributed by atoms with Gasteiger partial charge in [-0.1, -0.05) is 48.9 Å². The standard InChI is InChI=1S/C30H28F2N4/c1-2-30(31,32)25-10-6-21(7-11-25)20-27(22-4-3-5-22)36-26-12-8-23(9-13-26)28-29(35-19-18-34-28)24-14-16-33-17-15-24/h6-19,36H,2-5,20H2,1H3. The third-order valence-corrected chi connectivity index (χ3v) is 6.69. The Hall–Kier alpha value is -3.93. The van der Waals surface area contributed by atoms with Gasteiger partial charge in [-0.05, 0) is 49.1 Å². The Morgan fingerprint density at radius 3 is 1.97 bits per heavy atom. The number of anilines is 1. The third-order valence-electron chi connectivity index (χ3n) is 6.69. The average Bonchev–Trinajstić information content (AvgIpc) is 2.89. The molecule has 0 bridgehead atoms. The molecule has 0 radical (unpaired) electrons. The molecule has 1 fully saturated rings. The number of allylic oxidation sites excluding steroid dienone is 2. The molecule has 5 rings (SSSR count). The normalized spacial score (nSPS) is 13.2. The van der Waals surface area contributed by atoms with Gasteiger partial charge in [0.2, 0.25) is 0 Å². The SMILES string of the molecule is CCC(F)(F)c1ccc(CC(Nc2ccc(-c3nccnc3-c3ccncc3)cc2)=C2CCC2)cc1. The van der Waals surface area contributed by atoms with E-state index >= 15 is 0 Å². The van der Waals surface area contributed by atoms with Crippen LogP contribution in [0, 0.1) is 0 Å². The molecule has 2 aromatic heterocycles. The molecular formula is C30H28F2N4. The largest absolute Gasteiger partial charge is 0.359 e. The first-order chi connectivity index (χ1) is 17.5. The highest BCUT2D eigenvalue weighted by molar-refractivity contribution is 5.78. The Balaban J connectivity index is 1.35. The van der Waals surface area contributed by atoms with Gasteiger partial charge in [0.25, 0.3) is 5.92 Å². The number of hydrogen-bond acceptors (Lipinski definition) is 4. The molecule has 1 aliphatic carbocycles. The molecule has 0 saturated heterocycles. The van der Waals surface area contributed by atoms with E-state index in [1.54, 1.807) is 36.9 Å². The number of nitrogens with one attached hydrogen (secondary N) is 1. The van der Waals surface area contributed by atoms with Crippen LogP contribution in [0.25, 0.3) is 22.5 Å². The van der Waals surface area contributed by atoms with Crippen molar-refractivity contribution in [3.63, 3.8) is 0 Å². The molecule has 182 valence electrons. The molecule has 1 aliphatic rings. The van der Waals surface area contributed by atoms with Gasteiger partial charge in [0.05, 0.1) is 11.4 Å². The van der Waals surface area contributed by atoms with E-state index in [1.807, 2.05) is 48.5 Å². The molecule has 2 aromatic carbocycles. The minimum atomic E-state index is -2.78. The van der Waals surface area contributed by atoms with Gasteiger partial charge in [-0.2, -0.15) is 0 Å². The second-order valence-electron chi connectivity index (χ2n) is 9.06. The second kappa shape index (κ2) is 10.4. The summed E-state index contributed by atoms with van der Waals surface area (Å²) in [6.45, 7) is 1.51. The van der Waals surface area contributed by atoms with Crippen LogP contribution < -0.4 is 5.32 Å². The lowest BCUT2D eigenvalue weighted by atomic mass is 9.88. The number of aromatic nitrogens is 3. The van der Waals surface area contributed by atoms with Crippen LogP contribution >= 0.6 is 0 Å². The minimum absolute atomic E-state index is 0.0743. The maximum atomic E-state index is 14.0. The molecule has 6 heteroatoms. The molecule has 4 nitrogen and oxygen atoms in total. The van der Waals surface area contributed by atoms with Crippen LogP contribution in [-0.4, -0.2) is 15.0 Å². The van der Waals surface area contributed by atoms with Crippen molar-refractivity contribution in [2.75, 3.05) is 5.32 Å². The zero-order valence-electron chi connectivity index (χ0n) is 20.2. The predicted molar refractivity (Wildman–Crippen MR) is 140 cm³/mol. The van der Waals surface area contributed by atoms with Crippen LogP contribution in [0.1, 0.15) is 43.7 Å². The maximum Gasteiger partial charge on any atom is 0.273 e. The van der Waals surface area contributed by atoms with Crippen molar-refractivity contribution in [2.45, 2.75) is 45.0 Å². The van der Waals surface area contributed by atoms with E-state index in [2.05, 4.69) is 20.3 Å². The van der Waals surface area contributed by atoms with Gasteiger partial charge in [-0.3, -0.25) is 15.0 Å². The summed E-state index contributed by atoms with van der Waals surface area (Å²) < 4.78 is 28.0. The summed E-state index contributed by atoms with van der Waals surface area (Å²) in [6, 6.07) is 18.8. The Bertz CT molecular complexity index is 1340. The van der Waals surface area contributed by atoms with Crippen LogP contribution in [0.2, 0.25) is 0 Å². The number of nitrogens with zero attached hydrogens (tertiary/aromatic N) is 3. The number of halogens is 2. The van der Waals surface area contributed by atoms with E-state index < -0.39 is 5.92 Å². The molecular weight excluding hydrogens is 454 g/mol. The lowest BCUT2D eigenvalue weighted by molar-refractivity contribution is -0.00829. The van der Waals surface area contributed by atoms with Crippen LogP contribution in [0.15, 0.2) is 96.7 Å². The van der Waals surface area contributed by atoms with Gasteiger partial charge >= 0.3 is 0 Å². The van der Waals surface area contributed by atoms with Crippen LogP contribution in [0.5, 0.6) is 0 Å². The van der Waals surface area contributed by atoms with Crippen molar-refractivity contribution in [3.05, 3.63) is 108 Å². The lowest BCUT2D eigenvalue weighted by Gasteiger charge is -2.24. The van der Waals surface area contributed by atoms with Crippen molar-refractivity contribution in [1.82, 2.24) is 15.0 Å². The van der Waals surface area contributed by atoms with E-state index in [4.69, 9.17) is 0 Å².